The molecule has 0 bridgehead atoms. The third kappa shape index (κ3) is 6.68. The highest BCUT2D eigenvalue weighted by atomic mass is 35.5. The minimum atomic E-state index is -0.341. The van der Waals surface area contributed by atoms with Crippen molar-refractivity contribution in [1.82, 2.24) is 15.1 Å². The van der Waals surface area contributed by atoms with Gasteiger partial charge >= 0.3 is 0 Å². The maximum atomic E-state index is 12.1. The van der Waals surface area contributed by atoms with Crippen LogP contribution in [0.1, 0.15) is 6.92 Å². The average molecular weight is 441 g/mol. The zero-order valence-electron chi connectivity index (χ0n) is 16.8. The molecule has 2 amide bonds. The molecule has 2 aromatic carbocycles. The molecule has 1 heterocycles. The van der Waals surface area contributed by atoms with Crippen LogP contribution in [-0.2, 0) is 16.1 Å². The molecule has 0 fully saturated rings. The van der Waals surface area contributed by atoms with Crippen LogP contribution in [0.5, 0.6) is 5.75 Å². The van der Waals surface area contributed by atoms with E-state index in [9.17, 15) is 14.4 Å². The number of amides is 2. The second-order valence-electron chi connectivity index (χ2n) is 6.63. The first-order valence-electron chi connectivity index (χ1n) is 9.52. The number of benzene rings is 2. The third-order valence-corrected chi connectivity index (χ3v) is 4.43. The van der Waals surface area contributed by atoms with Gasteiger partial charge in [0.15, 0.2) is 6.61 Å². The lowest BCUT2D eigenvalue weighted by Gasteiger charge is -2.10. The molecule has 31 heavy (non-hydrogen) atoms. The summed E-state index contributed by atoms with van der Waals surface area (Å²) in [5, 5.41) is 10.3. The number of rotatable bonds is 8. The molecule has 0 aliphatic rings. The van der Waals surface area contributed by atoms with E-state index >= 15 is 0 Å². The fourth-order valence-electron chi connectivity index (χ4n) is 2.75. The van der Waals surface area contributed by atoms with E-state index in [0.717, 1.165) is 5.56 Å². The summed E-state index contributed by atoms with van der Waals surface area (Å²) < 4.78 is 6.74. The van der Waals surface area contributed by atoms with Crippen molar-refractivity contribution in [3.63, 3.8) is 0 Å². The number of carbonyl (C=O) groups excluding carboxylic acids is 2. The first-order valence-corrected chi connectivity index (χ1v) is 9.90. The molecule has 0 saturated heterocycles. The predicted octanol–water partition coefficient (Wildman–Crippen LogP) is 2.72. The summed E-state index contributed by atoms with van der Waals surface area (Å²) in [4.78, 5) is 35.2. The lowest BCUT2D eigenvalue weighted by atomic mass is 10.1. The van der Waals surface area contributed by atoms with Gasteiger partial charge in [-0.25, -0.2) is 4.68 Å². The van der Waals surface area contributed by atoms with Crippen LogP contribution in [0.25, 0.3) is 11.3 Å². The highest BCUT2D eigenvalue weighted by Crippen LogP contribution is 2.18. The maximum Gasteiger partial charge on any atom is 0.266 e. The maximum absolute atomic E-state index is 12.1. The summed E-state index contributed by atoms with van der Waals surface area (Å²) in [5.41, 5.74) is 1.77. The number of halogens is 1. The molecular formula is C22H21ClN4O4. The number of nitrogens with zero attached hydrogens (tertiary/aromatic N) is 2. The SMILES string of the molecule is CC(=O)Nc1cccc(OCC(=O)NCCn2nc(-c3ccc(Cl)cc3)ccc2=O)c1. The first kappa shape index (κ1) is 22.0. The largest absolute Gasteiger partial charge is 0.484 e. The van der Waals surface area contributed by atoms with Gasteiger partial charge in [0.05, 0.1) is 12.2 Å². The van der Waals surface area contributed by atoms with E-state index in [0.29, 0.717) is 22.2 Å². The standard InChI is InChI=1S/C22H21ClN4O4/c1-15(28)25-18-3-2-4-19(13-18)31-14-21(29)24-11-12-27-22(30)10-9-20(26-27)16-5-7-17(23)8-6-16/h2-10,13H,11-12,14H2,1H3,(H,24,29)(H,25,28). The molecular weight excluding hydrogens is 420 g/mol. The number of aromatic nitrogens is 2. The number of hydrogen-bond acceptors (Lipinski definition) is 5. The van der Waals surface area contributed by atoms with Gasteiger partial charge in [0, 0.05) is 41.9 Å². The van der Waals surface area contributed by atoms with E-state index in [2.05, 4.69) is 15.7 Å². The van der Waals surface area contributed by atoms with Crippen molar-refractivity contribution in [2.45, 2.75) is 13.5 Å². The average Bonchev–Trinajstić information content (AvgIpc) is 2.74. The van der Waals surface area contributed by atoms with Crippen LogP contribution in [0.15, 0.2) is 65.5 Å². The summed E-state index contributed by atoms with van der Waals surface area (Å²) >= 11 is 5.90. The van der Waals surface area contributed by atoms with Gasteiger partial charge in [0.25, 0.3) is 11.5 Å². The minimum absolute atomic E-state index is 0.195. The summed E-state index contributed by atoms with van der Waals surface area (Å²) in [5.74, 6) is -0.0827. The Morgan fingerprint density at radius 3 is 2.61 bits per heavy atom. The van der Waals surface area contributed by atoms with Crippen molar-refractivity contribution in [1.29, 1.82) is 0 Å². The first-order chi connectivity index (χ1) is 14.9. The van der Waals surface area contributed by atoms with Crippen LogP contribution in [0.4, 0.5) is 5.69 Å². The quantitative estimate of drug-likeness (QED) is 0.560. The van der Waals surface area contributed by atoms with Crippen LogP contribution >= 0.6 is 11.6 Å². The van der Waals surface area contributed by atoms with Crippen molar-refractivity contribution in [2.75, 3.05) is 18.5 Å². The van der Waals surface area contributed by atoms with Gasteiger partial charge < -0.3 is 15.4 Å². The molecule has 0 aliphatic carbocycles. The number of anilines is 1. The number of carbonyl (C=O) groups is 2. The van der Waals surface area contributed by atoms with Crippen LogP contribution in [-0.4, -0.2) is 34.7 Å². The van der Waals surface area contributed by atoms with Crippen LogP contribution < -0.4 is 20.9 Å². The summed E-state index contributed by atoms with van der Waals surface area (Å²) in [6.45, 7) is 1.64. The van der Waals surface area contributed by atoms with Crippen LogP contribution in [0.3, 0.4) is 0 Å². The molecule has 0 radical (unpaired) electrons. The molecule has 8 nitrogen and oxygen atoms in total. The molecule has 3 aromatic rings. The van der Waals surface area contributed by atoms with E-state index in [4.69, 9.17) is 16.3 Å². The lowest BCUT2D eigenvalue weighted by Crippen LogP contribution is -2.34. The molecule has 2 N–H and O–H groups in total. The lowest BCUT2D eigenvalue weighted by molar-refractivity contribution is -0.123. The molecule has 0 saturated carbocycles. The molecule has 0 spiro atoms. The van der Waals surface area contributed by atoms with Gasteiger partial charge in [-0.1, -0.05) is 29.8 Å². The van der Waals surface area contributed by atoms with Crippen molar-refractivity contribution in [2.24, 2.45) is 0 Å². The zero-order chi connectivity index (χ0) is 22.2. The number of nitrogens with one attached hydrogen (secondary N) is 2. The van der Waals surface area contributed by atoms with Crippen LogP contribution in [0, 0.1) is 0 Å². The highest BCUT2D eigenvalue weighted by Gasteiger charge is 2.06. The molecule has 0 unspecified atom stereocenters. The van der Waals surface area contributed by atoms with E-state index < -0.39 is 0 Å². The summed E-state index contributed by atoms with van der Waals surface area (Å²) in [6, 6.07) is 17.0. The van der Waals surface area contributed by atoms with Gasteiger partial charge in [0.2, 0.25) is 5.91 Å². The molecule has 160 valence electrons. The second-order valence-corrected chi connectivity index (χ2v) is 7.07. The summed E-state index contributed by atoms with van der Waals surface area (Å²) in [7, 11) is 0. The van der Waals surface area contributed by atoms with E-state index in [-0.39, 0.29) is 37.1 Å². The van der Waals surface area contributed by atoms with Gasteiger partial charge in [-0.2, -0.15) is 5.10 Å². The Balaban J connectivity index is 1.51. The molecule has 0 atom stereocenters. The molecule has 3 rings (SSSR count). The van der Waals surface area contributed by atoms with Crippen molar-refractivity contribution < 1.29 is 14.3 Å². The Labute approximate surface area is 183 Å². The molecule has 9 heteroatoms. The van der Waals surface area contributed by atoms with Gasteiger partial charge in [-0.15, -0.1) is 0 Å². The monoisotopic (exact) mass is 440 g/mol. The second kappa shape index (κ2) is 10.4. The van der Waals surface area contributed by atoms with Gasteiger partial charge in [0.1, 0.15) is 5.75 Å². The smallest absolute Gasteiger partial charge is 0.266 e. The van der Waals surface area contributed by atoms with E-state index in [1.807, 2.05) is 12.1 Å². The van der Waals surface area contributed by atoms with Crippen molar-refractivity contribution in [3.05, 3.63) is 76.0 Å². The van der Waals surface area contributed by atoms with Crippen molar-refractivity contribution >= 4 is 29.1 Å². The molecule has 1 aromatic heterocycles. The zero-order valence-corrected chi connectivity index (χ0v) is 17.6. The van der Waals surface area contributed by atoms with Crippen molar-refractivity contribution in [3.8, 4) is 17.0 Å². The van der Waals surface area contributed by atoms with Gasteiger partial charge in [-0.3, -0.25) is 14.4 Å². The molecule has 0 aliphatic heterocycles. The van der Waals surface area contributed by atoms with Crippen LogP contribution in [0.2, 0.25) is 5.02 Å². The fourth-order valence-corrected chi connectivity index (χ4v) is 2.88. The third-order valence-electron chi connectivity index (χ3n) is 4.18. The minimum Gasteiger partial charge on any atom is -0.484 e. The topological polar surface area (TPSA) is 102 Å². The van der Waals surface area contributed by atoms with Gasteiger partial charge in [-0.05, 0) is 30.3 Å². The van der Waals surface area contributed by atoms with E-state index in [1.165, 1.54) is 17.7 Å². The summed E-state index contributed by atoms with van der Waals surface area (Å²) in [6.07, 6.45) is 0. The Kier molecular flexibility index (Phi) is 7.40. The normalized spacial score (nSPS) is 10.4. The van der Waals surface area contributed by atoms with E-state index in [1.54, 1.807) is 42.5 Å². The Hall–Kier alpha value is -3.65. The fraction of sp³-hybridized carbons (Fsp3) is 0.182. The highest BCUT2D eigenvalue weighted by molar-refractivity contribution is 6.30. The number of hydrogen-bond donors (Lipinski definition) is 2. The Morgan fingerprint density at radius 2 is 1.87 bits per heavy atom. The Bertz CT molecular complexity index is 1130. The predicted molar refractivity (Wildman–Crippen MR) is 118 cm³/mol. The Morgan fingerprint density at radius 1 is 1.10 bits per heavy atom. The number of ether oxygens (including phenoxy) is 1.